The Morgan fingerprint density at radius 1 is 1.58 bits per heavy atom. The van der Waals surface area contributed by atoms with Gasteiger partial charge >= 0.3 is 0 Å². The highest BCUT2D eigenvalue weighted by Gasteiger charge is 2.30. The summed E-state index contributed by atoms with van der Waals surface area (Å²) < 4.78 is 18.9. The number of alkyl halides is 1. The van der Waals surface area contributed by atoms with Crippen LogP contribution < -0.4 is 0 Å². The summed E-state index contributed by atoms with van der Waals surface area (Å²) in [7, 11) is 0. The van der Waals surface area contributed by atoms with Crippen molar-refractivity contribution < 1.29 is 13.9 Å². The summed E-state index contributed by atoms with van der Waals surface area (Å²) in [6, 6.07) is 4.32. The molecule has 0 aromatic heterocycles. The van der Waals surface area contributed by atoms with Crippen molar-refractivity contribution in [2.45, 2.75) is 26.0 Å². The van der Waals surface area contributed by atoms with Crippen LogP contribution in [-0.2, 0) is 4.74 Å². The number of aryl methyl sites for hydroxylation is 1. The van der Waals surface area contributed by atoms with Gasteiger partial charge in [-0.1, -0.05) is 22.0 Å². The fraction of sp³-hybridized carbons (Fsp3) is 0.500. The van der Waals surface area contributed by atoms with E-state index in [0.717, 1.165) is 5.56 Å². The van der Waals surface area contributed by atoms with Crippen LogP contribution in [0.25, 0.3) is 0 Å². The molecule has 0 aliphatic carbocycles. The van der Waals surface area contributed by atoms with Crippen LogP contribution in [0.4, 0.5) is 4.39 Å². The third-order valence-corrected chi connectivity index (χ3v) is 4.09. The van der Waals surface area contributed by atoms with E-state index in [9.17, 15) is 9.18 Å². The number of carbonyl (C=O) groups excluding carboxylic acids is 1. The fourth-order valence-corrected chi connectivity index (χ4v) is 2.56. The molecule has 2 unspecified atom stereocenters. The normalized spacial score (nSPS) is 23.5. The molecule has 1 aliphatic heterocycles. The highest BCUT2D eigenvalue weighted by molar-refractivity contribution is 9.09. The second kappa shape index (κ2) is 6.01. The zero-order chi connectivity index (χ0) is 14.0. The summed E-state index contributed by atoms with van der Waals surface area (Å²) in [5.74, 6) is -0.509. The van der Waals surface area contributed by atoms with Crippen molar-refractivity contribution in [3.05, 3.63) is 35.1 Å². The van der Waals surface area contributed by atoms with Crippen LogP contribution in [0, 0.1) is 12.7 Å². The topological polar surface area (TPSA) is 29.5 Å². The maximum absolute atomic E-state index is 13.3. The SMILES string of the molecule is Cc1ccc(F)cc1C(=O)N1CC(CBr)OCC1C. The van der Waals surface area contributed by atoms with E-state index in [-0.39, 0.29) is 23.9 Å². The molecule has 5 heteroatoms. The molecule has 0 saturated carbocycles. The Hall–Kier alpha value is -0.940. The number of rotatable bonds is 2. The lowest BCUT2D eigenvalue weighted by Crippen LogP contribution is -2.51. The Balaban J connectivity index is 2.24. The number of hydrogen-bond acceptors (Lipinski definition) is 2. The summed E-state index contributed by atoms with van der Waals surface area (Å²) in [6.45, 7) is 4.80. The molecule has 0 spiro atoms. The minimum Gasteiger partial charge on any atom is -0.373 e. The maximum atomic E-state index is 13.3. The van der Waals surface area contributed by atoms with Crippen molar-refractivity contribution in [1.29, 1.82) is 0 Å². The number of hydrogen-bond donors (Lipinski definition) is 0. The van der Waals surface area contributed by atoms with Gasteiger partial charge in [0.05, 0.1) is 18.8 Å². The van der Waals surface area contributed by atoms with Gasteiger partial charge in [-0.25, -0.2) is 4.39 Å². The van der Waals surface area contributed by atoms with E-state index in [4.69, 9.17) is 4.74 Å². The van der Waals surface area contributed by atoms with Gasteiger partial charge in [0, 0.05) is 17.4 Å². The Bertz CT molecular complexity index is 481. The summed E-state index contributed by atoms with van der Waals surface area (Å²) >= 11 is 3.37. The fourth-order valence-electron chi connectivity index (χ4n) is 2.17. The van der Waals surface area contributed by atoms with Gasteiger partial charge < -0.3 is 9.64 Å². The van der Waals surface area contributed by atoms with Crippen LogP contribution >= 0.6 is 15.9 Å². The highest BCUT2D eigenvalue weighted by Crippen LogP contribution is 2.19. The first-order chi connectivity index (χ1) is 9.02. The third kappa shape index (κ3) is 3.15. The molecule has 1 saturated heterocycles. The second-order valence-electron chi connectivity index (χ2n) is 4.88. The number of ether oxygens (including phenoxy) is 1. The van der Waals surface area contributed by atoms with Crippen molar-refractivity contribution in [3.8, 4) is 0 Å². The zero-order valence-electron chi connectivity index (χ0n) is 11.0. The monoisotopic (exact) mass is 329 g/mol. The van der Waals surface area contributed by atoms with E-state index in [1.165, 1.54) is 12.1 Å². The lowest BCUT2D eigenvalue weighted by Gasteiger charge is -2.37. The molecule has 1 heterocycles. The average molecular weight is 330 g/mol. The van der Waals surface area contributed by atoms with Crippen LogP contribution in [0.5, 0.6) is 0 Å². The average Bonchev–Trinajstić information content (AvgIpc) is 2.41. The Morgan fingerprint density at radius 3 is 3.00 bits per heavy atom. The number of benzene rings is 1. The zero-order valence-corrected chi connectivity index (χ0v) is 12.6. The van der Waals surface area contributed by atoms with Gasteiger partial charge in [0.15, 0.2) is 0 Å². The molecule has 0 radical (unpaired) electrons. The number of carbonyl (C=O) groups is 1. The summed E-state index contributed by atoms with van der Waals surface area (Å²) in [5.41, 5.74) is 1.22. The van der Waals surface area contributed by atoms with Crippen LogP contribution in [0.3, 0.4) is 0 Å². The van der Waals surface area contributed by atoms with Crippen LogP contribution in [-0.4, -0.2) is 41.4 Å². The molecular formula is C14H17BrFNO2. The van der Waals surface area contributed by atoms with Gasteiger partial charge in [-0.05, 0) is 31.5 Å². The molecule has 0 N–H and O–H groups in total. The number of amides is 1. The number of halogens is 2. The minimum atomic E-state index is -0.382. The maximum Gasteiger partial charge on any atom is 0.254 e. The molecule has 1 aromatic rings. The first-order valence-corrected chi connectivity index (χ1v) is 7.39. The van der Waals surface area contributed by atoms with Crippen LogP contribution in [0.15, 0.2) is 18.2 Å². The van der Waals surface area contributed by atoms with Crippen molar-refractivity contribution >= 4 is 21.8 Å². The van der Waals surface area contributed by atoms with Crippen LogP contribution in [0.1, 0.15) is 22.8 Å². The van der Waals surface area contributed by atoms with E-state index in [1.54, 1.807) is 11.0 Å². The number of morpholine rings is 1. The molecule has 1 fully saturated rings. The molecule has 2 rings (SSSR count). The highest BCUT2D eigenvalue weighted by atomic mass is 79.9. The molecule has 1 aliphatic rings. The largest absolute Gasteiger partial charge is 0.373 e. The van der Waals surface area contributed by atoms with E-state index in [2.05, 4.69) is 15.9 Å². The standard InChI is InChI=1S/C14H17BrFNO2/c1-9-3-4-11(16)5-13(9)14(18)17-7-12(6-15)19-8-10(17)2/h3-5,10,12H,6-8H2,1-2H3. The summed E-state index contributed by atoms with van der Waals surface area (Å²) in [6.07, 6.45) is -0.00554. The molecule has 0 bridgehead atoms. The lowest BCUT2D eigenvalue weighted by molar-refractivity contribution is -0.0361. The molecule has 104 valence electrons. The van der Waals surface area contributed by atoms with Crippen molar-refractivity contribution in [2.24, 2.45) is 0 Å². The van der Waals surface area contributed by atoms with Crippen molar-refractivity contribution in [2.75, 3.05) is 18.5 Å². The first kappa shape index (κ1) is 14.5. The Kier molecular flexibility index (Phi) is 4.58. The molecule has 19 heavy (non-hydrogen) atoms. The van der Waals surface area contributed by atoms with Gasteiger partial charge in [0.2, 0.25) is 0 Å². The Morgan fingerprint density at radius 2 is 2.32 bits per heavy atom. The summed E-state index contributed by atoms with van der Waals surface area (Å²) in [5, 5.41) is 0.686. The van der Waals surface area contributed by atoms with Gasteiger partial charge in [-0.15, -0.1) is 0 Å². The van der Waals surface area contributed by atoms with E-state index in [1.807, 2.05) is 13.8 Å². The second-order valence-corrected chi connectivity index (χ2v) is 5.52. The predicted molar refractivity (Wildman–Crippen MR) is 75.2 cm³/mol. The van der Waals surface area contributed by atoms with Gasteiger partial charge in [-0.2, -0.15) is 0 Å². The molecule has 3 nitrogen and oxygen atoms in total. The lowest BCUT2D eigenvalue weighted by atomic mass is 10.1. The van der Waals surface area contributed by atoms with Gasteiger partial charge in [0.25, 0.3) is 5.91 Å². The van der Waals surface area contributed by atoms with Gasteiger partial charge in [0.1, 0.15) is 5.82 Å². The van der Waals surface area contributed by atoms with E-state index < -0.39 is 0 Å². The quantitative estimate of drug-likeness (QED) is 0.781. The Labute approximate surface area is 120 Å². The molecular weight excluding hydrogens is 313 g/mol. The smallest absolute Gasteiger partial charge is 0.254 e. The summed E-state index contributed by atoms with van der Waals surface area (Å²) in [4.78, 5) is 14.3. The van der Waals surface area contributed by atoms with E-state index >= 15 is 0 Å². The van der Waals surface area contributed by atoms with Gasteiger partial charge in [-0.3, -0.25) is 4.79 Å². The molecule has 1 aromatic carbocycles. The van der Waals surface area contributed by atoms with Crippen LogP contribution in [0.2, 0.25) is 0 Å². The first-order valence-electron chi connectivity index (χ1n) is 6.27. The molecule has 2 atom stereocenters. The van der Waals surface area contributed by atoms with E-state index in [0.29, 0.717) is 24.0 Å². The number of nitrogens with zero attached hydrogens (tertiary/aromatic N) is 1. The minimum absolute atomic E-state index is 0.00506. The predicted octanol–water partition coefficient (Wildman–Crippen LogP) is 2.76. The van der Waals surface area contributed by atoms with Crippen molar-refractivity contribution in [3.63, 3.8) is 0 Å². The molecule has 1 amide bonds. The van der Waals surface area contributed by atoms with Crippen molar-refractivity contribution in [1.82, 2.24) is 4.90 Å². The third-order valence-electron chi connectivity index (χ3n) is 3.37.